The van der Waals surface area contributed by atoms with Crippen molar-refractivity contribution in [1.29, 1.82) is 0 Å². The van der Waals surface area contributed by atoms with Gasteiger partial charge in [-0.1, -0.05) is 6.07 Å². The van der Waals surface area contributed by atoms with E-state index in [1.54, 1.807) is 35.5 Å². The summed E-state index contributed by atoms with van der Waals surface area (Å²) in [7, 11) is 7.30. The Balaban J connectivity index is 2.08. The number of rotatable bonds is 8. The first-order valence-corrected chi connectivity index (χ1v) is 10.2. The Bertz CT molecular complexity index is 793. The molecule has 0 amide bonds. The van der Waals surface area contributed by atoms with Crippen molar-refractivity contribution in [1.82, 2.24) is 15.2 Å². The number of aromatic nitrogens is 1. The SMILES string of the molecule is CCNC(=NCc1ccc(N(C)C)c(F)c1)N(C)Cc1csc(C(C)OC)n1. The number of hydrogen-bond donors (Lipinski definition) is 1. The van der Waals surface area contributed by atoms with Gasteiger partial charge in [-0.15, -0.1) is 11.3 Å². The first-order valence-electron chi connectivity index (χ1n) is 9.28. The highest BCUT2D eigenvalue weighted by Crippen LogP contribution is 2.21. The number of anilines is 1. The van der Waals surface area contributed by atoms with Crippen molar-refractivity contribution in [3.05, 3.63) is 45.7 Å². The van der Waals surface area contributed by atoms with E-state index in [4.69, 9.17) is 4.74 Å². The number of benzene rings is 1. The van der Waals surface area contributed by atoms with Gasteiger partial charge in [-0.05, 0) is 31.5 Å². The van der Waals surface area contributed by atoms with Gasteiger partial charge in [0.15, 0.2) is 5.96 Å². The maximum atomic E-state index is 14.2. The quantitative estimate of drug-likeness (QED) is 0.535. The van der Waals surface area contributed by atoms with Crippen molar-refractivity contribution in [3.8, 4) is 0 Å². The molecular weight excluding hydrogens is 377 g/mol. The molecule has 2 aromatic rings. The van der Waals surface area contributed by atoms with E-state index in [0.29, 0.717) is 18.8 Å². The van der Waals surface area contributed by atoms with E-state index >= 15 is 0 Å². The number of methoxy groups -OCH3 is 1. The van der Waals surface area contributed by atoms with Crippen LogP contribution < -0.4 is 10.2 Å². The van der Waals surface area contributed by atoms with Crippen LogP contribution in [0.3, 0.4) is 0 Å². The fraction of sp³-hybridized carbons (Fsp3) is 0.500. The molecule has 8 heteroatoms. The number of ether oxygens (including phenoxy) is 1. The van der Waals surface area contributed by atoms with E-state index in [0.717, 1.165) is 28.8 Å². The molecule has 6 nitrogen and oxygen atoms in total. The standard InChI is InChI=1S/C20H30FN5OS/c1-7-22-20(23-11-15-8-9-18(25(3)4)17(21)10-15)26(5)12-16-13-28-19(24-16)14(2)27-6/h8-10,13-14H,7,11-12H2,1-6H3,(H,22,23). The fourth-order valence-electron chi connectivity index (χ4n) is 2.65. The lowest BCUT2D eigenvalue weighted by atomic mass is 10.2. The second-order valence-corrected chi connectivity index (χ2v) is 7.65. The minimum atomic E-state index is -0.238. The van der Waals surface area contributed by atoms with E-state index in [-0.39, 0.29) is 11.9 Å². The fourth-order valence-corrected chi connectivity index (χ4v) is 3.49. The highest BCUT2D eigenvalue weighted by atomic mass is 32.1. The Labute approximate surface area is 171 Å². The molecule has 1 unspecified atom stereocenters. The number of guanidine groups is 1. The summed E-state index contributed by atoms with van der Waals surface area (Å²) in [5, 5.41) is 6.29. The van der Waals surface area contributed by atoms with E-state index in [1.165, 1.54) is 0 Å². The normalized spacial score (nSPS) is 12.8. The maximum absolute atomic E-state index is 14.2. The second-order valence-electron chi connectivity index (χ2n) is 6.76. The predicted octanol–water partition coefficient (Wildman–Crippen LogP) is 3.65. The van der Waals surface area contributed by atoms with Crippen molar-refractivity contribution in [2.75, 3.05) is 39.7 Å². The molecule has 2 rings (SSSR count). The molecule has 0 spiro atoms. The van der Waals surface area contributed by atoms with Crippen LogP contribution in [0, 0.1) is 5.82 Å². The molecule has 1 atom stereocenters. The Kier molecular flexibility index (Phi) is 8.19. The van der Waals surface area contributed by atoms with E-state index in [1.807, 2.05) is 51.3 Å². The van der Waals surface area contributed by atoms with Crippen molar-refractivity contribution < 1.29 is 9.13 Å². The zero-order valence-corrected chi connectivity index (χ0v) is 18.3. The minimum absolute atomic E-state index is 0.00834. The molecule has 0 fully saturated rings. The van der Waals surface area contributed by atoms with Crippen molar-refractivity contribution in [3.63, 3.8) is 0 Å². The van der Waals surface area contributed by atoms with Crippen molar-refractivity contribution in [2.45, 2.75) is 33.0 Å². The summed E-state index contributed by atoms with van der Waals surface area (Å²) in [4.78, 5) is 13.1. The Hall–Kier alpha value is -2.19. The first kappa shape index (κ1) is 22.1. The lowest BCUT2D eigenvalue weighted by Crippen LogP contribution is -2.38. The van der Waals surface area contributed by atoms with Crippen LogP contribution in [0.25, 0.3) is 0 Å². The summed E-state index contributed by atoms with van der Waals surface area (Å²) in [6, 6.07) is 5.23. The van der Waals surface area contributed by atoms with Gasteiger partial charge in [-0.2, -0.15) is 0 Å². The highest BCUT2D eigenvalue weighted by molar-refractivity contribution is 7.09. The van der Waals surface area contributed by atoms with Gasteiger partial charge < -0.3 is 19.9 Å². The molecule has 1 N–H and O–H groups in total. The minimum Gasteiger partial charge on any atom is -0.375 e. The van der Waals surface area contributed by atoms with Crippen LogP contribution in [0.4, 0.5) is 10.1 Å². The largest absolute Gasteiger partial charge is 0.375 e. The van der Waals surface area contributed by atoms with Gasteiger partial charge >= 0.3 is 0 Å². The van der Waals surface area contributed by atoms with Gasteiger partial charge in [-0.3, -0.25) is 0 Å². The predicted molar refractivity (Wildman–Crippen MR) is 115 cm³/mol. The lowest BCUT2D eigenvalue weighted by Gasteiger charge is -2.21. The molecule has 0 saturated heterocycles. The molecule has 154 valence electrons. The van der Waals surface area contributed by atoms with E-state index < -0.39 is 0 Å². The summed E-state index contributed by atoms with van der Waals surface area (Å²) in [6.07, 6.45) is -0.00834. The molecule has 0 aliphatic rings. The third-order valence-corrected chi connectivity index (χ3v) is 5.33. The lowest BCUT2D eigenvalue weighted by molar-refractivity contribution is 0.119. The zero-order valence-electron chi connectivity index (χ0n) is 17.5. The number of thiazole rings is 1. The monoisotopic (exact) mass is 407 g/mol. The van der Waals surface area contributed by atoms with Gasteiger partial charge in [0.25, 0.3) is 0 Å². The molecular formula is C20H30FN5OS. The first-order chi connectivity index (χ1) is 13.3. The van der Waals surface area contributed by atoms with Crippen LogP contribution in [0.15, 0.2) is 28.6 Å². The summed E-state index contributed by atoms with van der Waals surface area (Å²) < 4.78 is 19.5. The van der Waals surface area contributed by atoms with Crippen molar-refractivity contribution >= 4 is 23.0 Å². The number of hydrogen-bond acceptors (Lipinski definition) is 5. The van der Waals surface area contributed by atoms with Gasteiger partial charge in [0.05, 0.1) is 24.5 Å². The van der Waals surface area contributed by atoms with Crippen LogP contribution in [0.2, 0.25) is 0 Å². The third kappa shape index (κ3) is 5.90. The number of nitrogens with zero attached hydrogens (tertiary/aromatic N) is 4. The van der Waals surface area contributed by atoms with Gasteiger partial charge in [0.1, 0.15) is 16.9 Å². The maximum Gasteiger partial charge on any atom is 0.194 e. The Morgan fingerprint density at radius 2 is 2.11 bits per heavy atom. The summed E-state index contributed by atoms with van der Waals surface area (Å²) in [5.41, 5.74) is 2.37. The van der Waals surface area contributed by atoms with Gasteiger partial charge in [0, 0.05) is 40.2 Å². The molecule has 0 aliphatic heterocycles. The third-order valence-electron chi connectivity index (χ3n) is 4.27. The van der Waals surface area contributed by atoms with E-state index in [9.17, 15) is 4.39 Å². The van der Waals surface area contributed by atoms with Crippen LogP contribution in [0.1, 0.15) is 36.2 Å². The van der Waals surface area contributed by atoms with E-state index in [2.05, 4.69) is 15.3 Å². The number of halogens is 1. The molecule has 1 aromatic carbocycles. The van der Waals surface area contributed by atoms with Crippen LogP contribution in [0.5, 0.6) is 0 Å². The van der Waals surface area contributed by atoms with Crippen molar-refractivity contribution in [2.24, 2.45) is 4.99 Å². The summed E-state index contributed by atoms with van der Waals surface area (Å²) in [5.74, 6) is 0.521. The summed E-state index contributed by atoms with van der Waals surface area (Å²) in [6.45, 7) is 5.79. The topological polar surface area (TPSA) is 53.0 Å². The molecule has 0 saturated carbocycles. The van der Waals surface area contributed by atoms with Crippen LogP contribution >= 0.6 is 11.3 Å². The second kappa shape index (κ2) is 10.4. The molecule has 0 aliphatic carbocycles. The smallest absolute Gasteiger partial charge is 0.194 e. The molecule has 28 heavy (non-hydrogen) atoms. The highest BCUT2D eigenvalue weighted by Gasteiger charge is 2.13. The average molecular weight is 408 g/mol. The van der Waals surface area contributed by atoms with Gasteiger partial charge in [-0.25, -0.2) is 14.4 Å². The Morgan fingerprint density at radius 3 is 2.71 bits per heavy atom. The molecule has 1 heterocycles. The molecule has 0 bridgehead atoms. The number of nitrogens with one attached hydrogen (secondary N) is 1. The van der Waals surface area contributed by atoms with Gasteiger partial charge in [0.2, 0.25) is 0 Å². The average Bonchev–Trinajstić information content (AvgIpc) is 3.12. The molecule has 1 aromatic heterocycles. The number of aliphatic imine (C=N–C) groups is 1. The molecule has 0 radical (unpaired) electrons. The van der Waals surface area contributed by atoms with Crippen LogP contribution in [-0.2, 0) is 17.8 Å². The zero-order chi connectivity index (χ0) is 20.7. The van der Waals surface area contributed by atoms with Crippen LogP contribution in [-0.4, -0.2) is 50.6 Å². The summed E-state index contributed by atoms with van der Waals surface area (Å²) >= 11 is 1.60. The Morgan fingerprint density at radius 1 is 1.36 bits per heavy atom.